The Morgan fingerprint density at radius 2 is 2.36 bits per heavy atom. The molecule has 0 aliphatic carbocycles. The molecule has 0 unspecified atom stereocenters. The van der Waals surface area contributed by atoms with Crippen molar-refractivity contribution >= 4 is 5.82 Å². The van der Waals surface area contributed by atoms with Crippen molar-refractivity contribution < 1.29 is 0 Å². The Labute approximate surface area is 84.3 Å². The van der Waals surface area contributed by atoms with Gasteiger partial charge in [0.1, 0.15) is 11.9 Å². The molecule has 0 aliphatic rings. The molecule has 3 nitrogen and oxygen atoms in total. The van der Waals surface area contributed by atoms with E-state index in [0.717, 1.165) is 5.69 Å². The van der Waals surface area contributed by atoms with E-state index in [1.165, 1.54) is 0 Å². The molecule has 0 fully saturated rings. The van der Waals surface area contributed by atoms with Gasteiger partial charge < -0.3 is 4.90 Å². The van der Waals surface area contributed by atoms with E-state index in [0.29, 0.717) is 17.9 Å². The molecule has 72 valence electrons. The van der Waals surface area contributed by atoms with Gasteiger partial charge in [-0.25, -0.2) is 4.98 Å². The van der Waals surface area contributed by atoms with Crippen LogP contribution in [0.3, 0.4) is 0 Å². The molecule has 1 aromatic heterocycles. The predicted octanol–water partition coefficient (Wildman–Crippen LogP) is 1.88. The molecule has 0 N–H and O–H groups in total. The summed E-state index contributed by atoms with van der Waals surface area (Å²) in [6.07, 6.45) is 1.78. The summed E-state index contributed by atoms with van der Waals surface area (Å²) in [6.45, 7) is 6.25. The molecule has 0 saturated heterocycles. The second kappa shape index (κ2) is 4.43. The Morgan fingerprint density at radius 3 is 2.93 bits per heavy atom. The number of rotatable bonds is 3. The molecular formula is C11H13N3. The number of nitriles is 1. The van der Waals surface area contributed by atoms with Gasteiger partial charge in [-0.3, -0.25) is 0 Å². The molecule has 0 aliphatic heterocycles. The maximum atomic E-state index is 8.88. The smallest absolute Gasteiger partial charge is 0.146 e. The Kier molecular flexibility index (Phi) is 3.24. The number of nitrogens with zero attached hydrogens (tertiary/aromatic N) is 3. The molecule has 1 heterocycles. The van der Waals surface area contributed by atoms with Crippen molar-refractivity contribution in [2.45, 2.75) is 6.92 Å². The average Bonchev–Trinajstić information content (AvgIpc) is 2.18. The van der Waals surface area contributed by atoms with Gasteiger partial charge in [-0.15, -0.1) is 6.58 Å². The normalized spacial score (nSPS) is 9.21. The largest absolute Gasteiger partial charge is 0.355 e. The van der Waals surface area contributed by atoms with Crippen LogP contribution in [0, 0.1) is 18.3 Å². The molecule has 0 radical (unpaired) electrons. The van der Waals surface area contributed by atoms with Crippen molar-refractivity contribution in [1.29, 1.82) is 5.26 Å². The Balaban J connectivity index is 3.11. The third-order valence-corrected chi connectivity index (χ3v) is 1.90. The summed E-state index contributed by atoms with van der Waals surface area (Å²) < 4.78 is 0. The van der Waals surface area contributed by atoms with Gasteiger partial charge >= 0.3 is 0 Å². The van der Waals surface area contributed by atoms with Gasteiger partial charge in [-0.05, 0) is 19.1 Å². The van der Waals surface area contributed by atoms with E-state index in [2.05, 4.69) is 17.6 Å². The second-order valence-electron chi connectivity index (χ2n) is 3.10. The summed E-state index contributed by atoms with van der Waals surface area (Å²) in [5.74, 6) is 0.715. The van der Waals surface area contributed by atoms with E-state index in [9.17, 15) is 0 Å². The lowest BCUT2D eigenvalue weighted by atomic mass is 10.2. The number of likely N-dealkylation sites (N-methyl/N-ethyl adjacent to an activating group) is 1. The fourth-order valence-corrected chi connectivity index (χ4v) is 1.20. The maximum absolute atomic E-state index is 8.88. The molecule has 0 aromatic carbocycles. The van der Waals surface area contributed by atoms with E-state index < -0.39 is 0 Å². The predicted molar refractivity (Wildman–Crippen MR) is 57.2 cm³/mol. The lowest BCUT2D eigenvalue weighted by Gasteiger charge is -2.17. The molecule has 0 atom stereocenters. The first-order valence-electron chi connectivity index (χ1n) is 4.39. The van der Waals surface area contributed by atoms with Gasteiger partial charge in [-0.2, -0.15) is 5.26 Å². The summed E-state index contributed by atoms with van der Waals surface area (Å²) in [5, 5.41) is 8.88. The zero-order valence-electron chi connectivity index (χ0n) is 8.49. The zero-order valence-corrected chi connectivity index (χ0v) is 8.49. The van der Waals surface area contributed by atoms with E-state index >= 15 is 0 Å². The van der Waals surface area contributed by atoms with Crippen LogP contribution in [0.15, 0.2) is 24.8 Å². The van der Waals surface area contributed by atoms with Gasteiger partial charge in [0.2, 0.25) is 0 Å². The maximum Gasteiger partial charge on any atom is 0.146 e. The minimum atomic E-state index is 0.597. The van der Waals surface area contributed by atoms with Crippen molar-refractivity contribution in [2.75, 3.05) is 18.5 Å². The van der Waals surface area contributed by atoms with Crippen molar-refractivity contribution in [3.8, 4) is 6.07 Å². The number of hydrogen-bond acceptors (Lipinski definition) is 3. The molecule has 0 saturated carbocycles. The average molecular weight is 187 g/mol. The molecule has 1 aromatic rings. The van der Waals surface area contributed by atoms with Gasteiger partial charge in [0.15, 0.2) is 0 Å². The van der Waals surface area contributed by atoms with E-state index in [1.54, 1.807) is 12.1 Å². The Bertz CT molecular complexity index is 377. The summed E-state index contributed by atoms with van der Waals surface area (Å²) in [6, 6.07) is 5.75. The number of pyridine rings is 1. The van der Waals surface area contributed by atoms with E-state index in [-0.39, 0.29) is 0 Å². The minimum absolute atomic E-state index is 0.597. The zero-order chi connectivity index (χ0) is 10.6. The topological polar surface area (TPSA) is 39.9 Å². The quantitative estimate of drug-likeness (QED) is 0.678. The standard InChI is InChI=1S/C11H13N3/c1-4-7-14(3)11-10(8-12)6-5-9(2)13-11/h4-6H,1,7H2,2-3H3. The van der Waals surface area contributed by atoms with E-state index in [4.69, 9.17) is 5.26 Å². The van der Waals surface area contributed by atoms with E-state index in [1.807, 2.05) is 24.9 Å². The fraction of sp³-hybridized carbons (Fsp3) is 0.273. The number of aromatic nitrogens is 1. The van der Waals surface area contributed by atoms with Crippen LogP contribution in [0.25, 0.3) is 0 Å². The highest BCUT2D eigenvalue weighted by molar-refractivity contribution is 5.54. The van der Waals surface area contributed by atoms with Crippen LogP contribution in [0.1, 0.15) is 11.3 Å². The first kappa shape index (κ1) is 10.3. The highest BCUT2D eigenvalue weighted by Gasteiger charge is 2.07. The van der Waals surface area contributed by atoms with Crippen LogP contribution in [0.4, 0.5) is 5.82 Å². The van der Waals surface area contributed by atoms with Gasteiger partial charge in [0, 0.05) is 19.3 Å². The van der Waals surface area contributed by atoms with Gasteiger partial charge in [0.05, 0.1) is 5.56 Å². The summed E-state index contributed by atoms with van der Waals surface area (Å²) in [7, 11) is 1.89. The SMILES string of the molecule is C=CCN(C)c1nc(C)ccc1C#N. The lowest BCUT2D eigenvalue weighted by Crippen LogP contribution is -2.19. The number of anilines is 1. The molecule has 0 bridgehead atoms. The Hall–Kier alpha value is -1.82. The highest BCUT2D eigenvalue weighted by Crippen LogP contribution is 2.15. The highest BCUT2D eigenvalue weighted by atomic mass is 15.2. The second-order valence-corrected chi connectivity index (χ2v) is 3.10. The summed E-state index contributed by atoms with van der Waals surface area (Å²) in [5.41, 5.74) is 1.51. The van der Waals surface area contributed by atoms with Crippen molar-refractivity contribution in [3.63, 3.8) is 0 Å². The third-order valence-electron chi connectivity index (χ3n) is 1.90. The monoisotopic (exact) mass is 187 g/mol. The number of hydrogen-bond donors (Lipinski definition) is 0. The van der Waals surface area contributed by atoms with Crippen LogP contribution in [0.5, 0.6) is 0 Å². The van der Waals surface area contributed by atoms with Crippen LogP contribution in [-0.2, 0) is 0 Å². The summed E-state index contributed by atoms with van der Waals surface area (Å²) in [4.78, 5) is 6.22. The number of aryl methyl sites for hydroxylation is 1. The third kappa shape index (κ3) is 2.11. The van der Waals surface area contributed by atoms with Crippen LogP contribution in [0.2, 0.25) is 0 Å². The van der Waals surface area contributed by atoms with Crippen LogP contribution in [-0.4, -0.2) is 18.6 Å². The van der Waals surface area contributed by atoms with Crippen LogP contribution >= 0.6 is 0 Å². The van der Waals surface area contributed by atoms with Gasteiger partial charge in [-0.1, -0.05) is 6.08 Å². The molecule has 0 spiro atoms. The van der Waals surface area contributed by atoms with Crippen LogP contribution < -0.4 is 4.90 Å². The summed E-state index contributed by atoms with van der Waals surface area (Å²) >= 11 is 0. The van der Waals surface area contributed by atoms with Crippen molar-refractivity contribution in [1.82, 2.24) is 4.98 Å². The molecular weight excluding hydrogens is 174 g/mol. The minimum Gasteiger partial charge on any atom is -0.355 e. The fourth-order valence-electron chi connectivity index (χ4n) is 1.20. The first-order chi connectivity index (χ1) is 6.69. The van der Waals surface area contributed by atoms with Gasteiger partial charge in [0.25, 0.3) is 0 Å². The first-order valence-corrected chi connectivity index (χ1v) is 4.39. The van der Waals surface area contributed by atoms with Crippen molar-refractivity contribution in [2.24, 2.45) is 0 Å². The lowest BCUT2D eigenvalue weighted by molar-refractivity contribution is 0.974. The molecule has 0 amide bonds. The molecule has 1 rings (SSSR count). The van der Waals surface area contributed by atoms with Crippen molar-refractivity contribution in [3.05, 3.63) is 36.0 Å². The molecule has 14 heavy (non-hydrogen) atoms. The Morgan fingerprint density at radius 1 is 1.64 bits per heavy atom. The molecule has 3 heteroatoms.